The fourth-order valence-electron chi connectivity index (χ4n) is 2.13. The Labute approximate surface area is 122 Å². The lowest BCUT2D eigenvalue weighted by Gasteiger charge is -2.01. The summed E-state index contributed by atoms with van der Waals surface area (Å²) < 4.78 is 1.53. The molecule has 3 aromatic heterocycles. The summed E-state index contributed by atoms with van der Waals surface area (Å²) in [6.45, 7) is 0. The molecule has 0 aliphatic carbocycles. The predicted molar refractivity (Wildman–Crippen MR) is 76.2 cm³/mol. The van der Waals surface area contributed by atoms with Gasteiger partial charge in [0.05, 0.1) is 11.1 Å². The zero-order valence-electron chi connectivity index (χ0n) is 10.7. The normalized spacial score (nSPS) is 10.9. The number of imidazole rings is 1. The summed E-state index contributed by atoms with van der Waals surface area (Å²) in [5.41, 5.74) is 0.404. The molecule has 0 saturated carbocycles. The molecule has 0 bridgehead atoms. The van der Waals surface area contributed by atoms with E-state index in [0.717, 1.165) is 4.88 Å². The van der Waals surface area contributed by atoms with Crippen LogP contribution in [0, 0.1) is 0 Å². The van der Waals surface area contributed by atoms with E-state index in [1.54, 1.807) is 0 Å². The number of carboxylic acids is 2. The van der Waals surface area contributed by atoms with E-state index in [2.05, 4.69) is 4.98 Å². The quantitative estimate of drug-likeness (QED) is 0.772. The number of rotatable bonds is 4. The third kappa shape index (κ3) is 2.38. The lowest BCUT2D eigenvalue weighted by molar-refractivity contribution is 0.0684. The molecular weight excluding hydrogens is 292 g/mol. The molecule has 0 fully saturated rings. The molecule has 0 aromatic carbocycles. The molecule has 0 radical (unpaired) electrons. The summed E-state index contributed by atoms with van der Waals surface area (Å²) in [5, 5.41) is 20.2. The highest BCUT2D eigenvalue weighted by Crippen LogP contribution is 2.19. The Morgan fingerprint density at radius 1 is 1.19 bits per heavy atom. The second-order valence-electron chi connectivity index (χ2n) is 4.42. The van der Waals surface area contributed by atoms with Crippen molar-refractivity contribution in [2.24, 2.45) is 0 Å². The largest absolute Gasteiger partial charge is 0.478 e. The van der Waals surface area contributed by atoms with E-state index in [-0.39, 0.29) is 11.3 Å². The average molecular weight is 302 g/mol. The molecule has 0 spiro atoms. The van der Waals surface area contributed by atoms with Gasteiger partial charge in [-0.2, -0.15) is 0 Å². The van der Waals surface area contributed by atoms with E-state index in [9.17, 15) is 14.7 Å². The summed E-state index contributed by atoms with van der Waals surface area (Å²) >= 11 is 1.54. The fourth-order valence-corrected chi connectivity index (χ4v) is 2.83. The predicted octanol–water partition coefficient (Wildman–Crippen LogP) is 2.38. The van der Waals surface area contributed by atoms with Crippen LogP contribution in [0.4, 0.5) is 0 Å². The zero-order valence-corrected chi connectivity index (χ0v) is 11.5. The highest BCUT2D eigenvalue weighted by atomic mass is 32.1. The minimum atomic E-state index is -1.13. The molecule has 3 heterocycles. The lowest BCUT2D eigenvalue weighted by atomic mass is 10.2. The van der Waals surface area contributed by atoms with Gasteiger partial charge in [0.1, 0.15) is 5.82 Å². The molecular formula is C14H10N2O4S. The topological polar surface area (TPSA) is 91.9 Å². The van der Waals surface area contributed by atoms with E-state index in [1.165, 1.54) is 34.1 Å². The van der Waals surface area contributed by atoms with Crippen LogP contribution in [0.3, 0.4) is 0 Å². The summed E-state index contributed by atoms with van der Waals surface area (Å²) in [4.78, 5) is 27.5. The van der Waals surface area contributed by atoms with E-state index in [0.29, 0.717) is 17.8 Å². The number of nitrogens with zero attached hydrogens (tertiary/aromatic N) is 2. The Hall–Kier alpha value is -2.67. The van der Waals surface area contributed by atoms with Crippen molar-refractivity contribution in [3.05, 3.63) is 57.8 Å². The first-order valence-electron chi connectivity index (χ1n) is 6.06. The Balaban J connectivity index is 2.19. The van der Waals surface area contributed by atoms with Gasteiger partial charge in [-0.1, -0.05) is 6.07 Å². The number of aromatic carboxylic acids is 2. The van der Waals surface area contributed by atoms with E-state index >= 15 is 0 Å². The summed E-state index contributed by atoms with van der Waals surface area (Å²) in [6, 6.07) is 6.67. The van der Waals surface area contributed by atoms with Crippen LogP contribution in [0.15, 0.2) is 35.8 Å². The van der Waals surface area contributed by atoms with Gasteiger partial charge in [-0.25, -0.2) is 14.6 Å². The molecule has 0 aliphatic rings. The maximum atomic E-state index is 11.3. The zero-order chi connectivity index (χ0) is 15.0. The molecule has 0 atom stereocenters. The van der Waals surface area contributed by atoms with Crippen molar-refractivity contribution in [1.82, 2.24) is 9.38 Å². The molecule has 2 N–H and O–H groups in total. The van der Waals surface area contributed by atoms with E-state index in [4.69, 9.17) is 5.11 Å². The Kier molecular flexibility index (Phi) is 3.19. The first kappa shape index (κ1) is 13.3. The van der Waals surface area contributed by atoms with Crippen molar-refractivity contribution >= 4 is 28.8 Å². The summed E-state index contributed by atoms with van der Waals surface area (Å²) in [6.07, 6.45) is 1.86. The monoisotopic (exact) mass is 302 g/mol. The minimum Gasteiger partial charge on any atom is -0.478 e. The number of fused-ring (bicyclic) bond motifs is 1. The van der Waals surface area contributed by atoms with Crippen molar-refractivity contribution < 1.29 is 19.8 Å². The smallest absolute Gasteiger partial charge is 0.356 e. The highest BCUT2D eigenvalue weighted by Gasteiger charge is 2.18. The number of carboxylic acid groups (broad SMARTS) is 2. The van der Waals surface area contributed by atoms with Crippen molar-refractivity contribution in [3.8, 4) is 0 Å². The van der Waals surface area contributed by atoms with Gasteiger partial charge in [-0.15, -0.1) is 11.3 Å². The molecule has 106 valence electrons. The Morgan fingerprint density at radius 2 is 2.00 bits per heavy atom. The number of hydrogen-bond donors (Lipinski definition) is 2. The SMILES string of the molecule is O=C(O)c1ccc2c(C(=O)O)nc(Cc3cccs3)n2c1. The van der Waals surface area contributed by atoms with E-state index < -0.39 is 11.9 Å². The Morgan fingerprint density at radius 3 is 2.62 bits per heavy atom. The van der Waals surface area contributed by atoms with Crippen LogP contribution in [0.1, 0.15) is 31.5 Å². The van der Waals surface area contributed by atoms with E-state index in [1.807, 2.05) is 17.5 Å². The first-order chi connectivity index (χ1) is 10.1. The first-order valence-corrected chi connectivity index (χ1v) is 6.94. The minimum absolute atomic E-state index is 0.0708. The van der Waals surface area contributed by atoms with Crippen LogP contribution in [-0.2, 0) is 6.42 Å². The highest BCUT2D eigenvalue weighted by molar-refractivity contribution is 7.09. The molecule has 0 unspecified atom stereocenters. The third-order valence-electron chi connectivity index (χ3n) is 3.07. The van der Waals surface area contributed by atoms with Gasteiger partial charge in [-0.05, 0) is 23.6 Å². The van der Waals surface area contributed by atoms with Crippen LogP contribution >= 0.6 is 11.3 Å². The van der Waals surface area contributed by atoms with Crippen molar-refractivity contribution in [1.29, 1.82) is 0 Å². The Bertz CT molecular complexity index is 836. The van der Waals surface area contributed by atoms with Crippen LogP contribution < -0.4 is 0 Å². The fraction of sp³-hybridized carbons (Fsp3) is 0.0714. The number of hydrogen-bond acceptors (Lipinski definition) is 4. The summed E-state index contributed by atoms with van der Waals surface area (Å²) in [5.74, 6) is -1.69. The third-order valence-corrected chi connectivity index (χ3v) is 3.95. The number of pyridine rings is 1. The molecule has 7 heteroatoms. The van der Waals surface area contributed by atoms with Gasteiger partial charge in [0.15, 0.2) is 5.69 Å². The van der Waals surface area contributed by atoms with Crippen molar-refractivity contribution in [2.75, 3.05) is 0 Å². The molecule has 0 saturated heterocycles. The van der Waals surface area contributed by atoms with Crippen LogP contribution in [0.2, 0.25) is 0 Å². The molecule has 3 rings (SSSR count). The maximum Gasteiger partial charge on any atom is 0.356 e. The van der Waals surface area contributed by atoms with Crippen LogP contribution in [0.25, 0.3) is 5.52 Å². The number of carbonyl (C=O) groups is 2. The van der Waals surface area contributed by atoms with Gasteiger partial charge in [0.2, 0.25) is 0 Å². The van der Waals surface area contributed by atoms with Crippen LogP contribution in [0.5, 0.6) is 0 Å². The summed E-state index contributed by atoms with van der Waals surface area (Å²) in [7, 11) is 0. The van der Waals surface area contributed by atoms with Gasteiger partial charge in [0.25, 0.3) is 0 Å². The molecule has 6 nitrogen and oxygen atoms in total. The van der Waals surface area contributed by atoms with Gasteiger partial charge in [0, 0.05) is 17.5 Å². The average Bonchev–Trinajstić information content (AvgIpc) is 3.07. The van der Waals surface area contributed by atoms with Crippen molar-refractivity contribution in [2.45, 2.75) is 6.42 Å². The second kappa shape index (κ2) is 5.02. The number of aromatic nitrogens is 2. The van der Waals surface area contributed by atoms with Crippen LogP contribution in [-0.4, -0.2) is 31.5 Å². The molecule has 21 heavy (non-hydrogen) atoms. The van der Waals surface area contributed by atoms with Crippen molar-refractivity contribution in [3.63, 3.8) is 0 Å². The second-order valence-corrected chi connectivity index (χ2v) is 5.45. The molecule has 0 amide bonds. The van der Waals surface area contributed by atoms with Gasteiger partial charge >= 0.3 is 11.9 Å². The lowest BCUT2D eigenvalue weighted by Crippen LogP contribution is -2.01. The van der Waals surface area contributed by atoms with Gasteiger partial charge in [-0.3, -0.25) is 0 Å². The molecule has 0 aliphatic heterocycles. The maximum absolute atomic E-state index is 11.3. The standard InChI is InChI=1S/C14H10N2O4S/c17-13(18)8-3-4-10-12(14(19)20)15-11(16(10)7-8)6-9-2-1-5-21-9/h1-5,7H,6H2,(H,17,18)(H,19,20). The number of thiophene rings is 1. The molecule has 3 aromatic rings. The van der Waals surface area contributed by atoms with Gasteiger partial charge < -0.3 is 14.6 Å².